The number of hydrogen-bond acceptors (Lipinski definition) is 3. The molecule has 1 aliphatic rings. The third-order valence-electron chi connectivity index (χ3n) is 6.41. The van der Waals surface area contributed by atoms with Gasteiger partial charge >= 0.3 is 0 Å². The van der Waals surface area contributed by atoms with Crippen LogP contribution < -0.4 is 0 Å². The summed E-state index contributed by atoms with van der Waals surface area (Å²) >= 11 is 0. The van der Waals surface area contributed by atoms with E-state index < -0.39 is 22.3 Å². The monoisotopic (exact) mass is 469 g/mol. The Bertz CT molecular complexity index is 1420. The fraction of sp³-hybridized carbons (Fsp3) is 0.172. The van der Waals surface area contributed by atoms with Gasteiger partial charge in [0.2, 0.25) is 10.0 Å². The molecule has 0 amide bonds. The minimum absolute atomic E-state index is 0.249. The predicted octanol–water partition coefficient (Wildman–Crippen LogP) is 6.55. The summed E-state index contributed by atoms with van der Waals surface area (Å²) in [7, 11) is -3.84. The second kappa shape index (κ2) is 9.18. The summed E-state index contributed by atoms with van der Waals surface area (Å²) < 4.78 is 35.8. The van der Waals surface area contributed by atoms with Gasteiger partial charge in [0.25, 0.3) is 0 Å². The van der Waals surface area contributed by atoms with Crippen molar-refractivity contribution in [3.05, 3.63) is 126 Å². The Morgan fingerprint density at radius 2 is 1.53 bits per heavy atom. The Kier molecular flexibility index (Phi) is 6.09. The minimum atomic E-state index is -3.84. The number of aryl methyl sites for hydroxylation is 1. The second-order valence-electron chi connectivity index (χ2n) is 8.68. The molecule has 0 aliphatic carbocycles. The largest absolute Gasteiger partial charge is 0.350 e. The number of rotatable bonds is 5. The van der Waals surface area contributed by atoms with Crippen molar-refractivity contribution in [1.82, 2.24) is 4.31 Å². The standard InChI is InChI=1S/C29H27NO3S/c1-3-26-20-28(25-16-15-22-9-7-8-12-24(22)19-25)33-29(23-10-5-4-6-11-23)30(26)34(31,32)27-17-13-21(2)14-18-27/h3-19,26,28-29H,1,20H2,2H3. The molecule has 0 aromatic heterocycles. The highest BCUT2D eigenvalue weighted by molar-refractivity contribution is 7.89. The van der Waals surface area contributed by atoms with E-state index >= 15 is 0 Å². The molecule has 34 heavy (non-hydrogen) atoms. The maximum atomic E-state index is 13.9. The molecule has 0 radical (unpaired) electrons. The SMILES string of the molecule is C=CC1CC(c2ccc3ccccc3c2)OC(c2ccccc2)N1S(=O)(=O)c1ccc(C)cc1. The van der Waals surface area contributed by atoms with Crippen LogP contribution in [0.2, 0.25) is 0 Å². The van der Waals surface area contributed by atoms with Crippen LogP contribution in [0.25, 0.3) is 10.8 Å². The summed E-state index contributed by atoms with van der Waals surface area (Å²) in [6, 6.07) is 30.5. The molecular weight excluding hydrogens is 442 g/mol. The van der Waals surface area contributed by atoms with Crippen molar-refractivity contribution in [3.8, 4) is 0 Å². The van der Waals surface area contributed by atoms with Crippen LogP contribution in [0.5, 0.6) is 0 Å². The van der Waals surface area contributed by atoms with Crippen molar-refractivity contribution < 1.29 is 13.2 Å². The van der Waals surface area contributed by atoms with Crippen molar-refractivity contribution >= 4 is 20.8 Å². The van der Waals surface area contributed by atoms with Crippen molar-refractivity contribution in [1.29, 1.82) is 0 Å². The zero-order valence-electron chi connectivity index (χ0n) is 19.0. The molecule has 3 unspecified atom stereocenters. The lowest BCUT2D eigenvalue weighted by molar-refractivity contribution is -0.125. The summed E-state index contributed by atoms with van der Waals surface area (Å²) in [4.78, 5) is 0.249. The van der Waals surface area contributed by atoms with E-state index in [1.54, 1.807) is 18.2 Å². The number of benzene rings is 4. The fourth-order valence-electron chi connectivity index (χ4n) is 4.57. The van der Waals surface area contributed by atoms with E-state index in [2.05, 4.69) is 36.9 Å². The number of nitrogens with zero attached hydrogens (tertiary/aromatic N) is 1. The summed E-state index contributed by atoms with van der Waals surface area (Å²) in [6.45, 7) is 5.94. The van der Waals surface area contributed by atoms with Gasteiger partial charge in [0.15, 0.2) is 6.23 Å². The third kappa shape index (κ3) is 4.18. The topological polar surface area (TPSA) is 46.6 Å². The Morgan fingerprint density at radius 1 is 0.853 bits per heavy atom. The Balaban J connectivity index is 1.59. The molecule has 3 atom stereocenters. The van der Waals surface area contributed by atoms with Gasteiger partial charge in [-0.2, -0.15) is 4.31 Å². The van der Waals surface area contributed by atoms with Crippen LogP contribution in [0.3, 0.4) is 0 Å². The van der Waals surface area contributed by atoms with Crippen LogP contribution in [-0.4, -0.2) is 18.8 Å². The van der Waals surface area contributed by atoms with Crippen LogP contribution in [0, 0.1) is 6.92 Å². The Labute approximate surface area is 201 Å². The zero-order chi connectivity index (χ0) is 23.7. The molecule has 0 spiro atoms. The molecule has 0 bridgehead atoms. The zero-order valence-corrected chi connectivity index (χ0v) is 19.9. The maximum absolute atomic E-state index is 13.9. The molecule has 5 heteroatoms. The highest BCUT2D eigenvalue weighted by Gasteiger charge is 2.44. The number of fused-ring (bicyclic) bond motifs is 1. The lowest BCUT2D eigenvalue weighted by atomic mass is 9.96. The van der Waals surface area contributed by atoms with Gasteiger partial charge in [-0.1, -0.05) is 90.5 Å². The van der Waals surface area contributed by atoms with Crippen LogP contribution in [0.1, 0.15) is 35.4 Å². The van der Waals surface area contributed by atoms with Gasteiger partial charge in [0, 0.05) is 6.04 Å². The van der Waals surface area contributed by atoms with E-state index in [0.717, 1.165) is 27.5 Å². The number of hydrogen-bond donors (Lipinski definition) is 0. The smallest absolute Gasteiger partial charge is 0.246 e. The second-order valence-corrected chi connectivity index (χ2v) is 10.5. The van der Waals surface area contributed by atoms with Gasteiger partial charge in [0.05, 0.1) is 11.0 Å². The average Bonchev–Trinajstić information content (AvgIpc) is 2.88. The molecule has 1 saturated heterocycles. The van der Waals surface area contributed by atoms with E-state index in [4.69, 9.17) is 4.74 Å². The Hall–Kier alpha value is -3.25. The summed E-state index contributed by atoms with van der Waals surface area (Å²) in [6.07, 6.45) is 1.15. The maximum Gasteiger partial charge on any atom is 0.246 e. The highest BCUT2D eigenvalue weighted by atomic mass is 32.2. The summed E-state index contributed by atoms with van der Waals surface area (Å²) in [5.41, 5.74) is 2.82. The summed E-state index contributed by atoms with van der Waals surface area (Å²) in [5.74, 6) is 0. The molecule has 5 rings (SSSR count). The molecule has 172 valence electrons. The normalized spacial score (nSPS) is 21.4. The van der Waals surface area contributed by atoms with Crippen molar-refractivity contribution in [2.45, 2.75) is 36.6 Å². The van der Waals surface area contributed by atoms with E-state index in [0.29, 0.717) is 6.42 Å². The molecule has 1 fully saturated rings. The van der Waals surface area contributed by atoms with Gasteiger partial charge in [0.1, 0.15) is 0 Å². The van der Waals surface area contributed by atoms with Crippen LogP contribution >= 0.6 is 0 Å². The molecule has 4 aromatic rings. The van der Waals surface area contributed by atoms with Gasteiger partial charge in [-0.15, -0.1) is 6.58 Å². The average molecular weight is 470 g/mol. The van der Waals surface area contributed by atoms with Gasteiger partial charge in [-0.25, -0.2) is 8.42 Å². The minimum Gasteiger partial charge on any atom is -0.350 e. The molecule has 4 aromatic carbocycles. The fourth-order valence-corrected chi connectivity index (χ4v) is 6.25. The number of ether oxygens (including phenoxy) is 1. The first kappa shape index (κ1) is 22.5. The first-order chi connectivity index (χ1) is 16.5. The highest BCUT2D eigenvalue weighted by Crippen LogP contribution is 2.43. The third-order valence-corrected chi connectivity index (χ3v) is 8.29. The van der Waals surface area contributed by atoms with Crippen molar-refractivity contribution in [2.24, 2.45) is 0 Å². The van der Waals surface area contributed by atoms with Crippen LogP contribution in [0.4, 0.5) is 0 Å². The van der Waals surface area contributed by atoms with E-state index in [9.17, 15) is 8.42 Å². The van der Waals surface area contributed by atoms with Gasteiger partial charge in [-0.05, 0) is 53.4 Å². The Morgan fingerprint density at radius 3 is 2.24 bits per heavy atom. The van der Waals surface area contributed by atoms with Crippen molar-refractivity contribution in [2.75, 3.05) is 0 Å². The first-order valence-electron chi connectivity index (χ1n) is 11.4. The molecular formula is C29H27NO3S. The molecule has 1 heterocycles. The van der Waals surface area contributed by atoms with Gasteiger partial charge < -0.3 is 4.74 Å². The quantitative estimate of drug-likeness (QED) is 0.311. The van der Waals surface area contributed by atoms with E-state index in [-0.39, 0.29) is 11.0 Å². The van der Waals surface area contributed by atoms with Crippen LogP contribution in [0.15, 0.2) is 115 Å². The van der Waals surface area contributed by atoms with E-state index in [1.165, 1.54) is 4.31 Å². The predicted molar refractivity (Wildman–Crippen MR) is 136 cm³/mol. The first-order valence-corrected chi connectivity index (χ1v) is 12.8. The molecule has 4 nitrogen and oxygen atoms in total. The number of sulfonamides is 1. The van der Waals surface area contributed by atoms with E-state index in [1.807, 2.05) is 61.5 Å². The summed E-state index contributed by atoms with van der Waals surface area (Å²) in [5, 5.41) is 2.29. The lowest BCUT2D eigenvalue weighted by Crippen LogP contribution is -2.47. The van der Waals surface area contributed by atoms with Gasteiger partial charge in [-0.3, -0.25) is 0 Å². The molecule has 0 saturated carbocycles. The van der Waals surface area contributed by atoms with Crippen molar-refractivity contribution in [3.63, 3.8) is 0 Å². The van der Waals surface area contributed by atoms with Crippen LogP contribution in [-0.2, 0) is 14.8 Å². The molecule has 1 aliphatic heterocycles. The molecule has 0 N–H and O–H groups in total. The lowest BCUT2D eigenvalue weighted by Gasteiger charge is -2.43.